The minimum Gasteiger partial charge on any atom is -0.386 e. The molecule has 0 bridgehead atoms. The number of anilines is 1. The van der Waals surface area contributed by atoms with Crippen LogP contribution >= 0.6 is 0 Å². The number of nitrogens with two attached hydrogens (primary N) is 1. The van der Waals surface area contributed by atoms with Gasteiger partial charge in [-0.05, 0) is 30.0 Å². The molecule has 0 aliphatic heterocycles. The van der Waals surface area contributed by atoms with E-state index in [2.05, 4.69) is 31.6 Å². The van der Waals surface area contributed by atoms with Crippen molar-refractivity contribution in [3.63, 3.8) is 0 Å². The van der Waals surface area contributed by atoms with Gasteiger partial charge in [-0.15, -0.1) is 0 Å². The highest BCUT2D eigenvalue weighted by Gasteiger charge is 2.30. The molecule has 172 valence electrons. The van der Waals surface area contributed by atoms with Gasteiger partial charge >= 0.3 is 10.3 Å². The molecule has 0 saturated heterocycles. The van der Waals surface area contributed by atoms with Gasteiger partial charge < -0.3 is 24.8 Å². The molecule has 11 nitrogen and oxygen atoms in total. The zero-order valence-electron chi connectivity index (χ0n) is 17.3. The van der Waals surface area contributed by atoms with Crippen LogP contribution in [0.15, 0.2) is 42.9 Å². The van der Waals surface area contributed by atoms with Crippen LogP contribution in [0.3, 0.4) is 0 Å². The Labute approximate surface area is 185 Å². The average molecular weight is 464 g/mol. The number of aliphatic hydroxyl groups excluding tert-OH is 2. The summed E-state index contributed by atoms with van der Waals surface area (Å²) < 4.78 is 33.0. The van der Waals surface area contributed by atoms with E-state index in [0.29, 0.717) is 16.9 Å². The van der Waals surface area contributed by atoms with E-state index in [1.807, 2.05) is 12.1 Å². The first-order valence-corrected chi connectivity index (χ1v) is 11.5. The average Bonchev–Trinajstić information content (AvgIpc) is 3.38. The van der Waals surface area contributed by atoms with Crippen molar-refractivity contribution in [1.82, 2.24) is 14.5 Å². The number of benzene rings is 1. The van der Waals surface area contributed by atoms with Gasteiger partial charge in [-0.25, -0.2) is 15.1 Å². The molecular weight excluding hydrogens is 438 g/mol. The Balaban J connectivity index is 1.56. The third-order valence-electron chi connectivity index (χ3n) is 5.61. The molecule has 0 fully saturated rings. The van der Waals surface area contributed by atoms with Gasteiger partial charge in [0.15, 0.2) is 12.0 Å². The first kappa shape index (κ1) is 22.6. The molecule has 12 heteroatoms. The Morgan fingerprint density at radius 3 is 2.81 bits per heavy atom. The Bertz CT molecular complexity index is 1200. The quantitative estimate of drug-likeness (QED) is 0.356. The second kappa shape index (κ2) is 9.10. The monoisotopic (exact) mass is 463 g/mol. The number of aromatic nitrogens is 3. The molecule has 1 aromatic carbocycles. The number of aliphatic hydroxyl groups is 2. The van der Waals surface area contributed by atoms with E-state index >= 15 is 0 Å². The summed E-state index contributed by atoms with van der Waals surface area (Å²) in [6, 6.07) is 9.99. The molecule has 0 spiro atoms. The number of hydrogen-bond acceptors (Lipinski definition) is 9. The normalized spacial score (nSPS) is 18.9. The number of nitrogens with zero attached hydrogens (tertiary/aromatic N) is 3. The van der Waals surface area contributed by atoms with Crippen molar-refractivity contribution >= 4 is 27.2 Å². The molecule has 32 heavy (non-hydrogen) atoms. The van der Waals surface area contributed by atoms with Gasteiger partial charge in [-0.2, -0.15) is 8.42 Å². The molecule has 0 radical (unpaired) electrons. The van der Waals surface area contributed by atoms with E-state index < -0.39 is 35.3 Å². The fraction of sp³-hybridized carbons (Fsp3) is 0.400. The molecule has 3 aromatic rings. The number of rotatable bonds is 9. The summed E-state index contributed by atoms with van der Waals surface area (Å²) >= 11 is 0. The smallest absolute Gasteiger partial charge is 0.333 e. The number of methoxy groups -OCH3 is 1. The van der Waals surface area contributed by atoms with Crippen LogP contribution in [-0.4, -0.2) is 59.1 Å². The van der Waals surface area contributed by atoms with Crippen LogP contribution < -0.4 is 10.5 Å². The molecule has 4 rings (SSSR count). The molecule has 0 saturated carbocycles. The van der Waals surface area contributed by atoms with Crippen molar-refractivity contribution < 1.29 is 27.6 Å². The molecule has 0 amide bonds. The maximum absolute atomic E-state index is 11.0. The number of nitrogens with one attached hydrogen (secondary N) is 1. The summed E-state index contributed by atoms with van der Waals surface area (Å²) in [5, 5.41) is 29.5. The summed E-state index contributed by atoms with van der Waals surface area (Å²) in [6.45, 7) is -0.560. The number of fused-ring (bicyclic) bond motifs is 2. The summed E-state index contributed by atoms with van der Waals surface area (Å²) in [5.41, 5.74) is 3.58. The van der Waals surface area contributed by atoms with Crippen molar-refractivity contribution in [1.29, 1.82) is 0 Å². The molecule has 1 aliphatic rings. The van der Waals surface area contributed by atoms with Crippen LogP contribution in [0.4, 0.5) is 5.82 Å². The van der Waals surface area contributed by atoms with Crippen molar-refractivity contribution in [2.45, 2.75) is 37.3 Å². The largest absolute Gasteiger partial charge is 0.386 e. The van der Waals surface area contributed by atoms with Crippen molar-refractivity contribution in [2.24, 2.45) is 5.14 Å². The molecule has 5 N–H and O–H groups in total. The first-order chi connectivity index (χ1) is 15.3. The Morgan fingerprint density at radius 1 is 1.28 bits per heavy atom. The maximum atomic E-state index is 11.0. The van der Waals surface area contributed by atoms with E-state index in [-0.39, 0.29) is 6.04 Å². The maximum Gasteiger partial charge on any atom is 0.333 e. The number of pyridine rings is 1. The topological polar surface area (TPSA) is 162 Å². The van der Waals surface area contributed by atoms with Gasteiger partial charge in [0.1, 0.15) is 17.7 Å². The lowest BCUT2D eigenvalue weighted by atomic mass is 10.1. The zero-order valence-corrected chi connectivity index (χ0v) is 18.1. The minimum atomic E-state index is -4.22. The zero-order chi connectivity index (χ0) is 22.9. The standard InChI is InChI=1S/C20H25N5O6S/c1-30-16(10-31-32(21,28)29)18(26)20(27)25-11-23-17-15(25)8-9-22-19(17)24-14-7-6-12-4-2-3-5-13(12)14/h2-5,8-9,11,14,16,18,20,26-27H,6-7,10H2,1H3,(H,22,24)(H2,21,28,29)/t14-,16+,18+,20+/m0/s1. The number of aryl methyl sites for hydroxylation is 1. The van der Waals surface area contributed by atoms with Crippen LogP contribution in [0.5, 0.6) is 0 Å². The highest BCUT2D eigenvalue weighted by molar-refractivity contribution is 7.84. The van der Waals surface area contributed by atoms with E-state index in [1.54, 1.807) is 12.3 Å². The summed E-state index contributed by atoms with van der Waals surface area (Å²) in [4.78, 5) is 8.78. The Morgan fingerprint density at radius 2 is 2.06 bits per heavy atom. The number of hydrogen-bond donors (Lipinski definition) is 4. The van der Waals surface area contributed by atoms with Crippen molar-refractivity contribution in [2.75, 3.05) is 19.0 Å². The first-order valence-electron chi connectivity index (χ1n) is 10.0. The van der Waals surface area contributed by atoms with Crippen molar-refractivity contribution in [3.05, 3.63) is 54.0 Å². The van der Waals surface area contributed by atoms with Gasteiger partial charge in [-0.1, -0.05) is 24.3 Å². The fourth-order valence-corrected chi connectivity index (χ4v) is 4.30. The fourth-order valence-electron chi connectivity index (χ4n) is 3.97. The summed E-state index contributed by atoms with van der Waals surface area (Å²) in [7, 11) is -2.97. The minimum absolute atomic E-state index is 0.0956. The summed E-state index contributed by atoms with van der Waals surface area (Å²) in [5.74, 6) is 0.561. The number of ether oxygens (including phenoxy) is 1. The lowest BCUT2D eigenvalue weighted by molar-refractivity contribution is -0.112. The van der Waals surface area contributed by atoms with Gasteiger partial charge in [-0.3, -0.25) is 4.18 Å². The van der Waals surface area contributed by atoms with Crippen LogP contribution in [0.2, 0.25) is 0 Å². The van der Waals surface area contributed by atoms with Gasteiger partial charge in [0.05, 0.1) is 24.5 Å². The van der Waals surface area contributed by atoms with Crippen LogP contribution in [-0.2, 0) is 25.6 Å². The molecule has 1 aliphatic carbocycles. The number of imidazole rings is 1. The predicted molar refractivity (Wildman–Crippen MR) is 116 cm³/mol. The van der Waals surface area contributed by atoms with E-state index in [0.717, 1.165) is 12.8 Å². The van der Waals surface area contributed by atoms with E-state index in [4.69, 9.17) is 9.88 Å². The van der Waals surface area contributed by atoms with Crippen LogP contribution in [0.1, 0.15) is 29.8 Å². The van der Waals surface area contributed by atoms with Crippen molar-refractivity contribution in [3.8, 4) is 0 Å². The predicted octanol–water partition coefficient (Wildman–Crippen LogP) is 0.618. The highest BCUT2D eigenvalue weighted by Crippen LogP contribution is 2.35. The molecule has 2 heterocycles. The third kappa shape index (κ3) is 4.60. The van der Waals surface area contributed by atoms with E-state index in [1.165, 1.54) is 29.1 Å². The van der Waals surface area contributed by atoms with E-state index in [9.17, 15) is 18.6 Å². The van der Waals surface area contributed by atoms with Gasteiger partial charge in [0.2, 0.25) is 0 Å². The van der Waals surface area contributed by atoms with Gasteiger partial charge in [0, 0.05) is 13.3 Å². The molecule has 2 aromatic heterocycles. The summed E-state index contributed by atoms with van der Waals surface area (Å²) in [6.07, 6.45) is 0.695. The van der Waals surface area contributed by atoms with Crippen LogP contribution in [0.25, 0.3) is 11.0 Å². The lowest BCUT2D eigenvalue weighted by Crippen LogP contribution is -2.40. The third-order valence-corrected chi connectivity index (χ3v) is 6.07. The van der Waals surface area contributed by atoms with Gasteiger partial charge in [0.25, 0.3) is 0 Å². The molecule has 4 atom stereocenters. The Hall–Kier alpha value is -2.61. The molecule has 0 unspecified atom stereocenters. The SMILES string of the molecule is CO[C@H](COS(N)(=O)=O)[C@@H](O)[C@@H](O)n1cnc2c(N[C@H]3CCc4ccccc43)nccc21. The van der Waals surface area contributed by atoms with Crippen LogP contribution in [0, 0.1) is 0 Å². The second-order valence-corrected chi connectivity index (χ2v) is 8.79. The molecular formula is C20H25N5O6S. The second-order valence-electron chi connectivity index (χ2n) is 7.57. The Kier molecular flexibility index (Phi) is 6.42. The highest BCUT2D eigenvalue weighted by atomic mass is 32.2. The lowest BCUT2D eigenvalue weighted by Gasteiger charge is -2.26.